The molecule has 0 atom stereocenters. The van der Waals surface area contributed by atoms with Crippen molar-refractivity contribution >= 4 is 23.3 Å². The summed E-state index contributed by atoms with van der Waals surface area (Å²) < 4.78 is 15.8. The molecule has 3 aromatic rings. The van der Waals surface area contributed by atoms with E-state index in [-0.39, 0.29) is 5.57 Å². The average molecular weight is 394 g/mol. The molecule has 0 N–H and O–H groups in total. The smallest absolute Gasteiger partial charge is 0.341 e. The van der Waals surface area contributed by atoms with Crippen molar-refractivity contribution in [2.45, 2.75) is 9.92 Å². The van der Waals surface area contributed by atoms with E-state index >= 15 is 0 Å². The van der Waals surface area contributed by atoms with Crippen LogP contribution in [0.4, 0.5) is 0 Å². The van der Waals surface area contributed by atoms with Crippen LogP contribution in [-0.4, -0.2) is 30.2 Å². The van der Waals surface area contributed by atoms with Crippen LogP contribution in [0.1, 0.15) is 5.56 Å². The average Bonchev–Trinajstić information content (AvgIpc) is 2.73. The number of methoxy groups -OCH3 is 2. The van der Waals surface area contributed by atoms with Gasteiger partial charge in [0.25, 0.3) is 0 Å². The SMILES string of the molecule is COC=C(C(=O)OC)c1ccccc1Oc1cc(Sc2ccccc2)ncn1. The van der Waals surface area contributed by atoms with Crippen LogP contribution >= 0.6 is 11.8 Å². The third-order valence-corrected chi connectivity index (χ3v) is 4.56. The Balaban J connectivity index is 1.87. The van der Waals surface area contributed by atoms with E-state index < -0.39 is 5.97 Å². The van der Waals surface area contributed by atoms with Gasteiger partial charge in [-0.1, -0.05) is 48.2 Å². The molecule has 0 spiro atoms. The summed E-state index contributed by atoms with van der Waals surface area (Å²) in [4.78, 5) is 21.6. The van der Waals surface area contributed by atoms with Gasteiger partial charge in [-0.25, -0.2) is 14.8 Å². The fourth-order valence-corrected chi connectivity index (χ4v) is 3.18. The van der Waals surface area contributed by atoms with E-state index in [1.165, 1.54) is 38.6 Å². The van der Waals surface area contributed by atoms with Crippen molar-refractivity contribution in [3.63, 3.8) is 0 Å². The minimum absolute atomic E-state index is 0.244. The lowest BCUT2D eigenvalue weighted by atomic mass is 10.1. The summed E-state index contributed by atoms with van der Waals surface area (Å²) in [6.45, 7) is 0. The molecule has 0 aliphatic rings. The Kier molecular flexibility index (Phi) is 6.64. The first-order valence-electron chi connectivity index (χ1n) is 8.34. The monoisotopic (exact) mass is 394 g/mol. The van der Waals surface area contributed by atoms with Gasteiger partial charge in [-0.15, -0.1) is 0 Å². The van der Waals surface area contributed by atoms with Crippen LogP contribution in [0, 0.1) is 0 Å². The van der Waals surface area contributed by atoms with Crippen LogP contribution in [-0.2, 0) is 14.3 Å². The van der Waals surface area contributed by atoms with E-state index in [1.54, 1.807) is 30.3 Å². The molecule has 6 nitrogen and oxygen atoms in total. The topological polar surface area (TPSA) is 70.5 Å². The number of esters is 1. The Bertz CT molecular complexity index is 977. The molecule has 1 aromatic heterocycles. The van der Waals surface area contributed by atoms with Crippen LogP contribution in [0.5, 0.6) is 11.6 Å². The van der Waals surface area contributed by atoms with Crippen molar-refractivity contribution in [3.05, 3.63) is 78.8 Å². The van der Waals surface area contributed by atoms with E-state index in [0.717, 1.165) is 9.92 Å². The predicted octanol–water partition coefficient (Wildman–Crippen LogP) is 4.58. The summed E-state index contributed by atoms with van der Waals surface area (Å²) in [7, 11) is 2.77. The van der Waals surface area contributed by atoms with Gasteiger partial charge in [0.1, 0.15) is 22.7 Å². The lowest BCUT2D eigenvalue weighted by molar-refractivity contribution is -0.133. The predicted molar refractivity (Wildman–Crippen MR) is 106 cm³/mol. The Morgan fingerprint density at radius 1 is 1.00 bits per heavy atom. The lowest BCUT2D eigenvalue weighted by Crippen LogP contribution is -2.06. The molecule has 7 heteroatoms. The van der Waals surface area contributed by atoms with Gasteiger partial charge in [0.2, 0.25) is 5.88 Å². The molecule has 142 valence electrons. The number of hydrogen-bond donors (Lipinski definition) is 0. The van der Waals surface area contributed by atoms with Crippen LogP contribution < -0.4 is 4.74 Å². The molecule has 0 bridgehead atoms. The molecule has 28 heavy (non-hydrogen) atoms. The van der Waals surface area contributed by atoms with E-state index in [9.17, 15) is 4.79 Å². The Labute approximate surface area is 167 Å². The maximum absolute atomic E-state index is 12.1. The quantitative estimate of drug-likeness (QED) is 0.251. The van der Waals surface area contributed by atoms with E-state index in [0.29, 0.717) is 17.2 Å². The molecule has 2 aromatic carbocycles. The molecule has 0 saturated carbocycles. The molecule has 0 aliphatic carbocycles. The Morgan fingerprint density at radius 2 is 1.75 bits per heavy atom. The Morgan fingerprint density at radius 3 is 2.50 bits per heavy atom. The number of rotatable bonds is 7. The summed E-state index contributed by atoms with van der Waals surface area (Å²) in [5.74, 6) is 0.286. The first-order chi connectivity index (χ1) is 13.7. The van der Waals surface area contributed by atoms with Gasteiger partial charge in [-0.05, 0) is 18.2 Å². The van der Waals surface area contributed by atoms with Crippen molar-refractivity contribution in [2.75, 3.05) is 14.2 Å². The second-order valence-corrected chi connectivity index (χ2v) is 6.56. The number of carbonyl (C=O) groups is 1. The van der Waals surface area contributed by atoms with Crippen molar-refractivity contribution in [2.24, 2.45) is 0 Å². The molecule has 0 radical (unpaired) electrons. The van der Waals surface area contributed by atoms with Crippen molar-refractivity contribution < 1.29 is 19.0 Å². The van der Waals surface area contributed by atoms with E-state index in [2.05, 4.69) is 9.97 Å². The molecule has 0 amide bonds. The third kappa shape index (κ3) is 4.89. The van der Waals surface area contributed by atoms with Crippen molar-refractivity contribution in [3.8, 4) is 11.6 Å². The number of carbonyl (C=O) groups excluding carboxylic acids is 1. The molecule has 0 aliphatic heterocycles. The summed E-state index contributed by atoms with van der Waals surface area (Å²) in [5.41, 5.74) is 0.778. The zero-order valence-corrected chi connectivity index (χ0v) is 16.2. The second kappa shape index (κ2) is 9.57. The number of hydrogen-bond acceptors (Lipinski definition) is 7. The molecule has 1 heterocycles. The van der Waals surface area contributed by atoms with Gasteiger partial charge >= 0.3 is 5.97 Å². The number of ether oxygens (including phenoxy) is 3. The van der Waals surface area contributed by atoms with Crippen LogP contribution in [0.25, 0.3) is 5.57 Å². The summed E-state index contributed by atoms with van der Waals surface area (Å²) in [6, 6.07) is 18.7. The highest BCUT2D eigenvalue weighted by Crippen LogP contribution is 2.32. The molecule has 0 fully saturated rings. The van der Waals surface area contributed by atoms with Crippen molar-refractivity contribution in [1.82, 2.24) is 9.97 Å². The number of nitrogens with zero attached hydrogens (tertiary/aromatic N) is 2. The zero-order chi connectivity index (χ0) is 19.8. The molecule has 0 unspecified atom stereocenters. The standard InChI is InChI=1S/C21H18N2O4S/c1-25-13-17(21(24)26-2)16-10-6-7-11-18(16)27-19-12-20(23-14-22-19)28-15-8-4-3-5-9-15/h3-14H,1-2H3. The molecular formula is C21H18N2O4S. The van der Waals surface area contributed by atoms with Crippen LogP contribution in [0.15, 0.2) is 83.2 Å². The zero-order valence-electron chi connectivity index (χ0n) is 15.4. The highest BCUT2D eigenvalue weighted by molar-refractivity contribution is 7.99. The minimum Gasteiger partial charge on any atom is -0.503 e. The highest BCUT2D eigenvalue weighted by atomic mass is 32.2. The summed E-state index contributed by atoms with van der Waals surface area (Å²) in [6.07, 6.45) is 2.76. The Hall–Kier alpha value is -3.32. The van der Waals surface area contributed by atoms with E-state index in [4.69, 9.17) is 14.2 Å². The van der Waals surface area contributed by atoms with E-state index in [1.807, 2.05) is 30.3 Å². The highest BCUT2D eigenvalue weighted by Gasteiger charge is 2.18. The fraction of sp³-hybridized carbons (Fsp3) is 0.0952. The normalized spacial score (nSPS) is 11.0. The van der Waals surface area contributed by atoms with Gasteiger partial charge in [0.05, 0.1) is 20.5 Å². The third-order valence-electron chi connectivity index (χ3n) is 3.62. The van der Waals surface area contributed by atoms with Crippen molar-refractivity contribution in [1.29, 1.82) is 0 Å². The second-order valence-electron chi connectivity index (χ2n) is 5.47. The van der Waals surface area contributed by atoms with Gasteiger partial charge in [0, 0.05) is 16.5 Å². The minimum atomic E-state index is -0.527. The van der Waals surface area contributed by atoms with Gasteiger partial charge < -0.3 is 14.2 Å². The molecular weight excluding hydrogens is 376 g/mol. The summed E-state index contributed by atoms with van der Waals surface area (Å²) >= 11 is 1.50. The number of benzene rings is 2. The van der Waals surface area contributed by atoms with Gasteiger partial charge in [-0.2, -0.15) is 0 Å². The molecule has 0 saturated heterocycles. The van der Waals surface area contributed by atoms with Crippen LogP contribution in [0.2, 0.25) is 0 Å². The first-order valence-corrected chi connectivity index (χ1v) is 9.16. The summed E-state index contributed by atoms with van der Waals surface area (Å²) in [5, 5.41) is 0.745. The van der Waals surface area contributed by atoms with Crippen LogP contribution in [0.3, 0.4) is 0 Å². The van der Waals surface area contributed by atoms with Gasteiger partial charge in [0.15, 0.2) is 0 Å². The lowest BCUT2D eigenvalue weighted by Gasteiger charge is -2.12. The largest absolute Gasteiger partial charge is 0.503 e. The number of para-hydroxylation sites is 1. The fourth-order valence-electron chi connectivity index (χ4n) is 2.38. The maximum Gasteiger partial charge on any atom is 0.341 e. The number of aromatic nitrogens is 2. The maximum atomic E-state index is 12.1. The van der Waals surface area contributed by atoms with Gasteiger partial charge in [-0.3, -0.25) is 0 Å². The first kappa shape index (κ1) is 19.4. The molecule has 3 rings (SSSR count).